The summed E-state index contributed by atoms with van der Waals surface area (Å²) < 4.78 is 0. The first-order valence-electron chi connectivity index (χ1n) is 8.06. The number of rotatable bonds is 3. The van der Waals surface area contributed by atoms with Crippen LogP contribution in [0.15, 0.2) is 30.3 Å². The summed E-state index contributed by atoms with van der Waals surface area (Å²) in [5.74, 6) is 0. The molecule has 2 saturated heterocycles. The Labute approximate surface area is 123 Å². The largest absolute Gasteiger partial charge is 0.371 e. The van der Waals surface area contributed by atoms with E-state index in [2.05, 4.69) is 52.5 Å². The Bertz CT molecular complexity index is 398. The van der Waals surface area contributed by atoms with Gasteiger partial charge in [0.15, 0.2) is 0 Å². The Morgan fingerprint density at radius 1 is 0.950 bits per heavy atom. The molecule has 2 aliphatic heterocycles. The molecule has 3 heteroatoms. The van der Waals surface area contributed by atoms with Gasteiger partial charge in [-0.25, -0.2) is 0 Å². The van der Waals surface area contributed by atoms with Crippen LogP contribution in [-0.2, 0) is 0 Å². The van der Waals surface area contributed by atoms with Gasteiger partial charge in [0.25, 0.3) is 0 Å². The lowest BCUT2D eigenvalue weighted by Crippen LogP contribution is -2.51. The zero-order valence-electron chi connectivity index (χ0n) is 12.6. The molecule has 0 aliphatic carbocycles. The predicted octanol–water partition coefficient (Wildman–Crippen LogP) is 2.34. The summed E-state index contributed by atoms with van der Waals surface area (Å²) in [4.78, 5) is 4.98. The molecule has 1 atom stereocenters. The number of anilines is 1. The third kappa shape index (κ3) is 3.53. The van der Waals surface area contributed by atoms with Gasteiger partial charge in [-0.15, -0.1) is 0 Å². The van der Waals surface area contributed by atoms with Crippen molar-refractivity contribution in [2.24, 2.45) is 0 Å². The summed E-state index contributed by atoms with van der Waals surface area (Å²) >= 11 is 0. The quantitative estimate of drug-likeness (QED) is 0.912. The van der Waals surface area contributed by atoms with Crippen molar-refractivity contribution < 1.29 is 0 Å². The van der Waals surface area contributed by atoms with Crippen molar-refractivity contribution in [1.82, 2.24) is 10.2 Å². The summed E-state index contributed by atoms with van der Waals surface area (Å²) in [6, 6.07) is 12.2. The zero-order valence-corrected chi connectivity index (χ0v) is 12.6. The number of piperidine rings is 2. The van der Waals surface area contributed by atoms with E-state index in [0.717, 1.165) is 0 Å². The van der Waals surface area contributed by atoms with Crippen LogP contribution >= 0.6 is 0 Å². The van der Waals surface area contributed by atoms with Crippen LogP contribution in [0.3, 0.4) is 0 Å². The van der Waals surface area contributed by atoms with E-state index in [1.165, 1.54) is 57.5 Å². The van der Waals surface area contributed by atoms with Crippen molar-refractivity contribution >= 4 is 5.69 Å². The average Bonchev–Trinajstić information content (AvgIpc) is 2.49. The molecule has 0 bridgehead atoms. The van der Waals surface area contributed by atoms with Gasteiger partial charge in [-0.1, -0.05) is 18.2 Å². The predicted molar refractivity (Wildman–Crippen MR) is 85.3 cm³/mol. The first kappa shape index (κ1) is 13.9. The lowest BCUT2D eigenvalue weighted by molar-refractivity contribution is 0.209. The molecule has 0 aromatic heterocycles. The first-order chi connectivity index (χ1) is 9.81. The maximum Gasteiger partial charge on any atom is 0.0366 e. The van der Waals surface area contributed by atoms with Gasteiger partial charge < -0.3 is 15.1 Å². The Hall–Kier alpha value is -1.06. The van der Waals surface area contributed by atoms with Crippen LogP contribution < -0.4 is 10.2 Å². The molecule has 0 amide bonds. The van der Waals surface area contributed by atoms with Crippen LogP contribution in [0.4, 0.5) is 5.69 Å². The molecule has 0 saturated carbocycles. The van der Waals surface area contributed by atoms with E-state index in [9.17, 15) is 0 Å². The average molecular weight is 273 g/mol. The van der Waals surface area contributed by atoms with Crippen LogP contribution in [0.25, 0.3) is 0 Å². The fourth-order valence-electron chi connectivity index (χ4n) is 3.58. The molecule has 2 fully saturated rings. The van der Waals surface area contributed by atoms with E-state index < -0.39 is 0 Å². The third-order valence-electron chi connectivity index (χ3n) is 4.71. The maximum atomic E-state index is 3.89. The fourth-order valence-corrected chi connectivity index (χ4v) is 3.58. The summed E-state index contributed by atoms with van der Waals surface area (Å²) in [6.45, 7) is 4.86. The highest BCUT2D eigenvalue weighted by atomic mass is 15.2. The standard InChI is InChI=1S/C17H27N3/c1-19-11-5-6-16(14-19)18-15-9-12-20(13-10-15)17-7-3-2-4-8-17/h2-4,7-8,15-16,18H,5-6,9-14H2,1H3. The molecule has 2 heterocycles. The van der Waals surface area contributed by atoms with Crippen molar-refractivity contribution in [2.75, 3.05) is 38.1 Å². The monoisotopic (exact) mass is 273 g/mol. The smallest absolute Gasteiger partial charge is 0.0366 e. The van der Waals surface area contributed by atoms with Crippen LogP contribution in [-0.4, -0.2) is 50.2 Å². The lowest BCUT2D eigenvalue weighted by Gasteiger charge is -2.38. The molecular weight excluding hydrogens is 246 g/mol. The van der Waals surface area contributed by atoms with Crippen LogP contribution in [0.5, 0.6) is 0 Å². The van der Waals surface area contributed by atoms with E-state index >= 15 is 0 Å². The van der Waals surface area contributed by atoms with Crippen molar-refractivity contribution in [1.29, 1.82) is 0 Å². The number of likely N-dealkylation sites (tertiary alicyclic amines) is 1. The van der Waals surface area contributed by atoms with Crippen LogP contribution in [0, 0.1) is 0 Å². The van der Waals surface area contributed by atoms with Gasteiger partial charge >= 0.3 is 0 Å². The minimum Gasteiger partial charge on any atom is -0.371 e. The summed E-state index contributed by atoms with van der Waals surface area (Å²) in [6.07, 6.45) is 5.24. The van der Waals surface area contributed by atoms with Crippen molar-refractivity contribution in [3.05, 3.63) is 30.3 Å². The van der Waals surface area contributed by atoms with Gasteiger partial charge in [-0.05, 0) is 51.4 Å². The number of nitrogens with one attached hydrogen (secondary N) is 1. The molecule has 0 radical (unpaired) electrons. The van der Waals surface area contributed by atoms with Gasteiger partial charge in [-0.3, -0.25) is 0 Å². The highest BCUT2D eigenvalue weighted by molar-refractivity contribution is 5.46. The van der Waals surface area contributed by atoms with Gasteiger partial charge in [0, 0.05) is 37.4 Å². The van der Waals surface area contributed by atoms with Gasteiger partial charge in [0.1, 0.15) is 0 Å². The van der Waals surface area contributed by atoms with Crippen LogP contribution in [0.1, 0.15) is 25.7 Å². The number of likely N-dealkylation sites (N-methyl/N-ethyl adjacent to an activating group) is 1. The van der Waals surface area contributed by atoms with Gasteiger partial charge in [-0.2, -0.15) is 0 Å². The Kier molecular flexibility index (Phi) is 4.58. The van der Waals surface area contributed by atoms with Crippen LogP contribution in [0.2, 0.25) is 0 Å². The Morgan fingerprint density at radius 2 is 1.70 bits per heavy atom. The molecule has 1 aromatic rings. The van der Waals surface area contributed by atoms with E-state index in [0.29, 0.717) is 12.1 Å². The molecule has 20 heavy (non-hydrogen) atoms. The van der Waals surface area contributed by atoms with Crippen molar-refractivity contribution in [2.45, 2.75) is 37.8 Å². The van der Waals surface area contributed by atoms with Crippen molar-refractivity contribution in [3.63, 3.8) is 0 Å². The molecule has 3 rings (SSSR count). The summed E-state index contributed by atoms with van der Waals surface area (Å²) in [5.41, 5.74) is 1.38. The van der Waals surface area contributed by atoms with E-state index in [-0.39, 0.29) is 0 Å². The Morgan fingerprint density at radius 3 is 2.40 bits per heavy atom. The topological polar surface area (TPSA) is 18.5 Å². The lowest BCUT2D eigenvalue weighted by atomic mass is 10.00. The normalized spacial score (nSPS) is 25.9. The minimum absolute atomic E-state index is 0.710. The van der Waals surface area contributed by atoms with Gasteiger partial charge in [0.05, 0.1) is 0 Å². The molecule has 2 aliphatic rings. The first-order valence-corrected chi connectivity index (χ1v) is 8.06. The van der Waals surface area contributed by atoms with E-state index in [1.807, 2.05) is 0 Å². The second-order valence-electron chi connectivity index (χ2n) is 6.36. The molecule has 1 N–H and O–H groups in total. The summed E-state index contributed by atoms with van der Waals surface area (Å²) in [5, 5.41) is 3.89. The van der Waals surface area contributed by atoms with Gasteiger partial charge in [0.2, 0.25) is 0 Å². The highest BCUT2D eigenvalue weighted by Gasteiger charge is 2.24. The Balaban J connectivity index is 1.46. The second-order valence-corrected chi connectivity index (χ2v) is 6.36. The maximum absolute atomic E-state index is 3.89. The van der Waals surface area contributed by atoms with E-state index in [4.69, 9.17) is 0 Å². The zero-order chi connectivity index (χ0) is 13.8. The van der Waals surface area contributed by atoms with E-state index in [1.54, 1.807) is 0 Å². The minimum atomic E-state index is 0.710. The molecule has 3 nitrogen and oxygen atoms in total. The number of para-hydroxylation sites is 1. The summed E-state index contributed by atoms with van der Waals surface area (Å²) in [7, 11) is 2.24. The highest BCUT2D eigenvalue weighted by Crippen LogP contribution is 2.20. The molecule has 1 unspecified atom stereocenters. The SMILES string of the molecule is CN1CCCC(NC2CCN(c3ccccc3)CC2)C1. The molecule has 110 valence electrons. The number of hydrogen-bond donors (Lipinski definition) is 1. The molecule has 0 spiro atoms. The second kappa shape index (κ2) is 6.59. The molecule has 1 aromatic carbocycles. The van der Waals surface area contributed by atoms with Crippen molar-refractivity contribution in [3.8, 4) is 0 Å². The number of nitrogens with zero attached hydrogens (tertiary/aromatic N) is 2. The number of benzene rings is 1. The number of hydrogen-bond acceptors (Lipinski definition) is 3. The molecular formula is C17H27N3. The fraction of sp³-hybridized carbons (Fsp3) is 0.647. The third-order valence-corrected chi connectivity index (χ3v) is 4.71.